The maximum atomic E-state index is 13.8. The van der Waals surface area contributed by atoms with Gasteiger partial charge < -0.3 is 15.5 Å². The molecule has 1 aromatic rings. The Kier molecular flexibility index (Phi) is 4.06. The molecule has 0 bridgehead atoms. The molecule has 22 heavy (non-hydrogen) atoms. The minimum Gasteiger partial charge on any atom is -0.343 e. The Morgan fingerprint density at radius 3 is 2.64 bits per heavy atom. The van der Waals surface area contributed by atoms with Crippen LogP contribution >= 0.6 is 0 Å². The molecule has 0 radical (unpaired) electrons. The number of nitrogens with one attached hydrogen (secondary N) is 2. The average Bonchev–Trinajstić information content (AvgIpc) is 3.12. The van der Waals surface area contributed by atoms with Crippen molar-refractivity contribution < 1.29 is 18.4 Å². The van der Waals surface area contributed by atoms with Crippen LogP contribution in [0.5, 0.6) is 0 Å². The zero-order chi connectivity index (χ0) is 15.7. The number of carbonyl (C=O) groups excluding carboxylic acids is 2. The molecular formula is C15H17F2N3O2. The monoisotopic (exact) mass is 309 g/mol. The first-order valence-electron chi connectivity index (χ1n) is 7.37. The third-order valence-electron chi connectivity index (χ3n) is 4.11. The molecule has 2 heterocycles. The lowest BCUT2D eigenvalue weighted by atomic mass is 10.2. The molecule has 0 saturated carbocycles. The molecule has 7 heteroatoms. The van der Waals surface area contributed by atoms with Gasteiger partial charge in [0.15, 0.2) is 0 Å². The van der Waals surface area contributed by atoms with E-state index in [4.69, 9.17) is 0 Å². The lowest BCUT2D eigenvalue weighted by molar-refractivity contribution is -0.127. The van der Waals surface area contributed by atoms with E-state index in [9.17, 15) is 18.4 Å². The molecule has 2 aliphatic rings. The first-order chi connectivity index (χ1) is 10.6. The summed E-state index contributed by atoms with van der Waals surface area (Å²) in [6.45, 7) is 0.961. The second kappa shape index (κ2) is 6.00. The van der Waals surface area contributed by atoms with E-state index in [1.807, 2.05) is 0 Å². The highest BCUT2D eigenvalue weighted by molar-refractivity contribution is 6.01. The summed E-state index contributed by atoms with van der Waals surface area (Å²) in [7, 11) is 0. The van der Waals surface area contributed by atoms with Crippen molar-refractivity contribution >= 4 is 17.5 Å². The van der Waals surface area contributed by atoms with Crippen molar-refractivity contribution in [1.29, 1.82) is 0 Å². The van der Waals surface area contributed by atoms with Crippen molar-refractivity contribution in [1.82, 2.24) is 10.6 Å². The van der Waals surface area contributed by atoms with Crippen LogP contribution in [0.25, 0.3) is 0 Å². The first kappa shape index (κ1) is 14.9. The summed E-state index contributed by atoms with van der Waals surface area (Å²) >= 11 is 0. The highest BCUT2D eigenvalue weighted by atomic mass is 19.1. The SMILES string of the molecule is O=C(NC1CCN(c2c(F)cccc2F)C1=O)C1CCCN1. The maximum Gasteiger partial charge on any atom is 0.249 e. The van der Waals surface area contributed by atoms with E-state index in [0.29, 0.717) is 6.42 Å². The largest absolute Gasteiger partial charge is 0.343 e. The predicted octanol–water partition coefficient (Wildman–Crippen LogP) is 0.938. The van der Waals surface area contributed by atoms with Crippen LogP contribution in [0.3, 0.4) is 0 Å². The van der Waals surface area contributed by atoms with Gasteiger partial charge in [-0.15, -0.1) is 0 Å². The number of halogens is 2. The zero-order valence-corrected chi connectivity index (χ0v) is 11.9. The molecule has 2 N–H and O–H groups in total. The van der Waals surface area contributed by atoms with Crippen LogP contribution in [-0.2, 0) is 9.59 Å². The van der Waals surface area contributed by atoms with Gasteiger partial charge in [0.2, 0.25) is 11.8 Å². The standard InChI is InChI=1S/C15H17F2N3O2/c16-9-3-1-4-10(17)13(9)20-8-6-12(15(20)22)19-14(21)11-5-2-7-18-11/h1,3-4,11-12,18H,2,5-8H2,(H,19,21). The van der Waals surface area contributed by atoms with E-state index < -0.39 is 23.6 Å². The van der Waals surface area contributed by atoms with Gasteiger partial charge in [0.05, 0.1) is 6.04 Å². The van der Waals surface area contributed by atoms with E-state index in [-0.39, 0.29) is 24.2 Å². The number of para-hydroxylation sites is 1. The summed E-state index contributed by atoms with van der Waals surface area (Å²) in [6, 6.07) is 2.46. The molecule has 2 aliphatic heterocycles. The fourth-order valence-corrected chi connectivity index (χ4v) is 2.96. The highest BCUT2D eigenvalue weighted by Crippen LogP contribution is 2.27. The Bertz CT molecular complexity index is 582. The molecule has 2 saturated heterocycles. The number of amides is 2. The summed E-state index contributed by atoms with van der Waals surface area (Å²) in [5.74, 6) is -2.27. The quantitative estimate of drug-likeness (QED) is 0.873. The van der Waals surface area contributed by atoms with E-state index in [1.165, 1.54) is 6.07 Å². The van der Waals surface area contributed by atoms with Gasteiger partial charge in [-0.25, -0.2) is 8.78 Å². The maximum absolute atomic E-state index is 13.8. The fourth-order valence-electron chi connectivity index (χ4n) is 2.96. The van der Waals surface area contributed by atoms with Crippen molar-refractivity contribution in [3.8, 4) is 0 Å². The van der Waals surface area contributed by atoms with E-state index in [1.54, 1.807) is 0 Å². The van der Waals surface area contributed by atoms with Gasteiger partial charge >= 0.3 is 0 Å². The molecule has 1 aromatic carbocycles. The molecule has 0 aromatic heterocycles. The summed E-state index contributed by atoms with van der Waals surface area (Å²) in [5.41, 5.74) is -0.344. The van der Waals surface area contributed by atoms with Crippen molar-refractivity contribution in [2.45, 2.75) is 31.3 Å². The van der Waals surface area contributed by atoms with Crippen LogP contribution in [0.2, 0.25) is 0 Å². The summed E-state index contributed by atoms with van der Waals surface area (Å²) in [6.07, 6.45) is 1.99. The molecule has 2 fully saturated rings. The van der Waals surface area contributed by atoms with Crippen LogP contribution in [0.15, 0.2) is 18.2 Å². The molecule has 0 aliphatic carbocycles. The molecule has 2 unspecified atom stereocenters. The Labute approximate surface area is 126 Å². The number of anilines is 1. The number of nitrogens with zero attached hydrogens (tertiary/aromatic N) is 1. The molecular weight excluding hydrogens is 292 g/mol. The van der Waals surface area contributed by atoms with Gasteiger partial charge in [0.25, 0.3) is 0 Å². The molecule has 3 rings (SSSR count). The second-order valence-electron chi connectivity index (χ2n) is 5.56. The molecule has 0 spiro atoms. The van der Waals surface area contributed by atoms with Gasteiger partial charge in [0.1, 0.15) is 23.4 Å². The van der Waals surface area contributed by atoms with Crippen LogP contribution in [-0.4, -0.2) is 37.0 Å². The third-order valence-corrected chi connectivity index (χ3v) is 4.11. The second-order valence-corrected chi connectivity index (χ2v) is 5.56. The van der Waals surface area contributed by atoms with Crippen molar-refractivity contribution in [3.63, 3.8) is 0 Å². The molecule has 2 atom stereocenters. The van der Waals surface area contributed by atoms with E-state index in [2.05, 4.69) is 10.6 Å². The van der Waals surface area contributed by atoms with E-state index >= 15 is 0 Å². The smallest absolute Gasteiger partial charge is 0.249 e. The first-order valence-corrected chi connectivity index (χ1v) is 7.37. The van der Waals surface area contributed by atoms with Crippen molar-refractivity contribution in [3.05, 3.63) is 29.8 Å². The number of hydrogen-bond acceptors (Lipinski definition) is 3. The minimum atomic E-state index is -0.780. The van der Waals surface area contributed by atoms with E-state index in [0.717, 1.165) is 36.4 Å². The van der Waals surface area contributed by atoms with Crippen LogP contribution in [0, 0.1) is 11.6 Å². The van der Waals surface area contributed by atoms with Crippen molar-refractivity contribution in [2.75, 3.05) is 18.0 Å². The zero-order valence-electron chi connectivity index (χ0n) is 11.9. The Hall–Kier alpha value is -2.02. The predicted molar refractivity (Wildman–Crippen MR) is 76.3 cm³/mol. The topological polar surface area (TPSA) is 61.4 Å². The fraction of sp³-hybridized carbons (Fsp3) is 0.467. The number of rotatable bonds is 3. The van der Waals surface area contributed by atoms with Crippen LogP contribution in [0.1, 0.15) is 19.3 Å². The van der Waals surface area contributed by atoms with Gasteiger partial charge in [0, 0.05) is 6.54 Å². The molecule has 118 valence electrons. The van der Waals surface area contributed by atoms with Crippen molar-refractivity contribution in [2.24, 2.45) is 0 Å². The van der Waals surface area contributed by atoms with Gasteiger partial charge in [-0.2, -0.15) is 0 Å². The molecule has 2 amide bonds. The minimum absolute atomic E-state index is 0.180. The lowest BCUT2D eigenvalue weighted by Crippen LogP contribution is -2.48. The Morgan fingerprint density at radius 1 is 1.27 bits per heavy atom. The highest BCUT2D eigenvalue weighted by Gasteiger charge is 2.37. The number of hydrogen-bond donors (Lipinski definition) is 2. The lowest BCUT2D eigenvalue weighted by Gasteiger charge is -2.19. The third kappa shape index (κ3) is 2.68. The Balaban J connectivity index is 1.71. The number of benzene rings is 1. The summed E-state index contributed by atoms with van der Waals surface area (Å²) in [5, 5.41) is 5.72. The van der Waals surface area contributed by atoms with Crippen LogP contribution in [0.4, 0.5) is 14.5 Å². The van der Waals surface area contributed by atoms with Crippen LogP contribution < -0.4 is 15.5 Å². The summed E-state index contributed by atoms with van der Waals surface area (Å²) < 4.78 is 27.6. The van der Waals surface area contributed by atoms with Gasteiger partial charge in [-0.1, -0.05) is 6.07 Å². The average molecular weight is 309 g/mol. The van der Waals surface area contributed by atoms with Gasteiger partial charge in [-0.3, -0.25) is 9.59 Å². The molecule has 5 nitrogen and oxygen atoms in total. The Morgan fingerprint density at radius 2 is 2.00 bits per heavy atom. The summed E-state index contributed by atoms with van der Waals surface area (Å²) in [4.78, 5) is 25.4. The van der Waals surface area contributed by atoms with Gasteiger partial charge in [-0.05, 0) is 37.9 Å². The number of carbonyl (C=O) groups is 2. The normalized spacial score (nSPS) is 24.8.